The van der Waals surface area contributed by atoms with Crippen molar-refractivity contribution in [1.82, 2.24) is 10.3 Å². The summed E-state index contributed by atoms with van der Waals surface area (Å²) >= 11 is 0. The number of rotatable bonds is 7. The number of ether oxygens (including phenoxy) is 3. The van der Waals surface area contributed by atoms with Crippen LogP contribution in [0.4, 0.5) is 5.82 Å². The molecule has 0 bridgehead atoms. The molecular weight excluding hydrogens is 334 g/mol. The molecule has 0 aliphatic carbocycles. The van der Waals surface area contributed by atoms with Gasteiger partial charge in [0.05, 0.1) is 20.3 Å². The topological polar surface area (TPSA) is 72.9 Å². The van der Waals surface area contributed by atoms with E-state index in [2.05, 4.69) is 15.2 Å². The van der Waals surface area contributed by atoms with Crippen molar-refractivity contribution in [2.75, 3.05) is 44.9 Å². The first kappa shape index (κ1) is 18.0. The van der Waals surface area contributed by atoms with Gasteiger partial charge in [0.1, 0.15) is 17.3 Å². The SMILES string of the molecule is COc1ccc(OCC(=O)NCc2ccnc(N3CCOCC3)c2)cc1. The van der Waals surface area contributed by atoms with Crippen molar-refractivity contribution in [3.8, 4) is 11.5 Å². The third kappa shape index (κ3) is 5.10. The number of carbonyl (C=O) groups is 1. The highest BCUT2D eigenvalue weighted by atomic mass is 16.5. The summed E-state index contributed by atoms with van der Waals surface area (Å²) in [4.78, 5) is 18.6. The molecule has 1 fully saturated rings. The molecule has 2 aromatic rings. The monoisotopic (exact) mass is 357 g/mol. The fraction of sp³-hybridized carbons (Fsp3) is 0.368. The van der Waals surface area contributed by atoms with Crippen LogP contribution in [-0.4, -0.2) is 50.9 Å². The van der Waals surface area contributed by atoms with E-state index in [0.29, 0.717) is 25.5 Å². The van der Waals surface area contributed by atoms with Gasteiger partial charge < -0.3 is 24.4 Å². The Morgan fingerprint density at radius 1 is 1.19 bits per heavy atom. The number of methoxy groups -OCH3 is 1. The van der Waals surface area contributed by atoms with Gasteiger partial charge in [-0.15, -0.1) is 0 Å². The number of benzene rings is 1. The summed E-state index contributed by atoms with van der Waals surface area (Å²) in [7, 11) is 1.60. The largest absolute Gasteiger partial charge is 0.497 e. The molecule has 0 atom stereocenters. The van der Waals surface area contributed by atoms with Crippen LogP contribution >= 0.6 is 0 Å². The normalized spacial score (nSPS) is 14.0. The summed E-state index contributed by atoms with van der Waals surface area (Å²) in [6.07, 6.45) is 1.76. The molecule has 1 amide bonds. The lowest BCUT2D eigenvalue weighted by atomic mass is 10.2. The van der Waals surface area contributed by atoms with E-state index in [4.69, 9.17) is 14.2 Å². The van der Waals surface area contributed by atoms with Crippen LogP contribution in [-0.2, 0) is 16.1 Å². The molecule has 1 saturated heterocycles. The van der Waals surface area contributed by atoms with Crippen molar-refractivity contribution in [1.29, 1.82) is 0 Å². The number of aromatic nitrogens is 1. The number of nitrogens with one attached hydrogen (secondary N) is 1. The summed E-state index contributed by atoms with van der Waals surface area (Å²) in [5.74, 6) is 2.11. The van der Waals surface area contributed by atoms with E-state index in [1.165, 1.54) is 0 Å². The molecule has 0 unspecified atom stereocenters. The van der Waals surface area contributed by atoms with Crippen molar-refractivity contribution in [3.63, 3.8) is 0 Å². The average molecular weight is 357 g/mol. The number of nitrogens with zero attached hydrogens (tertiary/aromatic N) is 2. The molecule has 2 heterocycles. The lowest BCUT2D eigenvalue weighted by molar-refractivity contribution is -0.123. The minimum absolute atomic E-state index is 0.0340. The van der Waals surface area contributed by atoms with Gasteiger partial charge in [0.25, 0.3) is 5.91 Å². The van der Waals surface area contributed by atoms with Gasteiger partial charge in [-0.2, -0.15) is 0 Å². The maximum atomic E-state index is 12.0. The Balaban J connectivity index is 1.46. The first-order valence-corrected chi connectivity index (χ1v) is 8.56. The van der Waals surface area contributed by atoms with Crippen LogP contribution in [0.15, 0.2) is 42.6 Å². The maximum Gasteiger partial charge on any atom is 0.258 e. The van der Waals surface area contributed by atoms with E-state index in [0.717, 1.165) is 30.2 Å². The highest BCUT2D eigenvalue weighted by molar-refractivity contribution is 5.77. The summed E-state index contributed by atoms with van der Waals surface area (Å²) < 4.78 is 15.9. The summed E-state index contributed by atoms with van der Waals surface area (Å²) in [5.41, 5.74) is 0.999. The second kappa shape index (κ2) is 9.05. The smallest absolute Gasteiger partial charge is 0.258 e. The van der Waals surface area contributed by atoms with Crippen LogP contribution in [0.5, 0.6) is 11.5 Å². The molecule has 0 spiro atoms. The number of hydrogen-bond acceptors (Lipinski definition) is 6. The van der Waals surface area contributed by atoms with Crippen LogP contribution in [0.3, 0.4) is 0 Å². The molecule has 138 valence electrons. The van der Waals surface area contributed by atoms with Gasteiger partial charge in [-0.3, -0.25) is 4.79 Å². The highest BCUT2D eigenvalue weighted by Crippen LogP contribution is 2.17. The van der Waals surface area contributed by atoms with Gasteiger partial charge in [0, 0.05) is 25.8 Å². The fourth-order valence-corrected chi connectivity index (χ4v) is 2.61. The number of pyridine rings is 1. The summed E-state index contributed by atoms with van der Waals surface area (Å²) in [6, 6.07) is 11.0. The van der Waals surface area contributed by atoms with Crippen LogP contribution in [0.1, 0.15) is 5.56 Å². The third-order valence-corrected chi connectivity index (χ3v) is 4.06. The lowest BCUT2D eigenvalue weighted by Gasteiger charge is -2.28. The Kier molecular flexibility index (Phi) is 6.27. The Bertz CT molecular complexity index is 715. The summed E-state index contributed by atoms with van der Waals surface area (Å²) in [5, 5.41) is 2.86. The van der Waals surface area contributed by atoms with Crippen LogP contribution in [0, 0.1) is 0 Å². The van der Waals surface area contributed by atoms with Gasteiger partial charge in [-0.05, 0) is 42.0 Å². The molecular formula is C19H23N3O4. The van der Waals surface area contributed by atoms with Gasteiger partial charge in [-0.1, -0.05) is 0 Å². The maximum absolute atomic E-state index is 12.0. The van der Waals surface area contributed by atoms with E-state index in [9.17, 15) is 4.79 Å². The van der Waals surface area contributed by atoms with Gasteiger partial charge in [0.15, 0.2) is 6.61 Å². The molecule has 0 saturated carbocycles. The van der Waals surface area contributed by atoms with Crippen molar-refractivity contribution < 1.29 is 19.0 Å². The van der Waals surface area contributed by atoms with Gasteiger partial charge in [-0.25, -0.2) is 4.98 Å². The zero-order valence-electron chi connectivity index (χ0n) is 14.8. The standard InChI is InChI=1S/C19H23N3O4/c1-24-16-2-4-17(5-3-16)26-14-19(23)21-13-15-6-7-20-18(12-15)22-8-10-25-11-9-22/h2-7,12H,8-11,13-14H2,1H3,(H,21,23). The van der Waals surface area contributed by atoms with Gasteiger partial charge in [0.2, 0.25) is 0 Å². The summed E-state index contributed by atoms with van der Waals surface area (Å²) in [6.45, 7) is 3.49. The molecule has 26 heavy (non-hydrogen) atoms. The number of amides is 1. The van der Waals surface area contributed by atoms with E-state index in [1.807, 2.05) is 12.1 Å². The first-order valence-electron chi connectivity index (χ1n) is 8.56. The Morgan fingerprint density at radius 2 is 1.92 bits per heavy atom. The quantitative estimate of drug-likeness (QED) is 0.812. The van der Waals surface area contributed by atoms with Crippen LogP contribution in [0.25, 0.3) is 0 Å². The second-order valence-corrected chi connectivity index (χ2v) is 5.86. The predicted molar refractivity (Wildman–Crippen MR) is 97.6 cm³/mol. The predicted octanol–water partition coefficient (Wildman–Crippen LogP) is 1.62. The van der Waals surface area contributed by atoms with Crippen LogP contribution < -0.4 is 19.7 Å². The third-order valence-electron chi connectivity index (χ3n) is 4.06. The molecule has 0 radical (unpaired) electrons. The minimum Gasteiger partial charge on any atom is -0.497 e. The molecule has 1 N–H and O–H groups in total. The molecule has 1 aliphatic rings. The number of carbonyl (C=O) groups excluding carboxylic acids is 1. The van der Waals surface area contributed by atoms with Crippen molar-refractivity contribution >= 4 is 11.7 Å². The van der Waals surface area contributed by atoms with E-state index in [1.54, 1.807) is 37.6 Å². The minimum atomic E-state index is -0.175. The van der Waals surface area contributed by atoms with E-state index < -0.39 is 0 Å². The molecule has 7 heteroatoms. The van der Waals surface area contributed by atoms with Crippen molar-refractivity contribution in [2.24, 2.45) is 0 Å². The zero-order valence-corrected chi connectivity index (χ0v) is 14.8. The highest BCUT2D eigenvalue weighted by Gasteiger charge is 2.12. The lowest BCUT2D eigenvalue weighted by Crippen LogP contribution is -2.36. The molecule has 1 aromatic carbocycles. The molecule has 7 nitrogen and oxygen atoms in total. The van der Waals surface area contributed by atoms with Crippen LogP contribution in [0.2, 0.25) is 0 Å². The molecule has 3 rings (SSSR count). The van der Waals surface area contributed by atoms with Crippen molar-refractivity contribution in [2.45, 2.75) is 6.54 Å². The number of anilines is 1. The van der Waals surface area contributed by atoms with Gasteiger partial charge >= 0.3 is 0 Å². The Labute approximate surface area is 152 Å². The Hall–Kier alpha value is -2.80. The second-order valence-electron chi connectivity index (χ2n) is 5.86. The molecule has 1 aliphatic heterocycles. The first-order chi connectivity index (χ1) is 12.7. The number of morpholine rings is 1. The number of hydrogen-bond donors (Lipinski definition) is 1. The zero-order chi connectivity index (χ0) is 18.2. The van der Waals surface area contributed by atoms with E-state index in [-0.39, 0.29) is 12.5 Å². The Morgan fingerprint density at radius 3 is 2.65 bits per heavy atom. The van der Waals surface area contributed by atoms with E-state index >= 15 is 0 Å². The fourth-order valence-electron chi connectivity index (χ4n) is 2.61. The van der Waals surface area contributed by atoms with Crippen molar-refractivity contribution in [3.05, 3.63) is 48.2 Å². The average Bonchev–Trinajstić information content (AvgIpc) is 2.72. The molecule has 1 aromatic heterocycles.